The first kappa shape index (κ1) is 12.5. The lowest BCUT2D eigenvalue weighted by atomic mass is 10.1. The van der Waals surface area contributed by atoms with Crippen molar-refractivity contribution in [2.75, 3.05) is 25.9 Å². The number of rotatable bonds is 3. The minimum Gasteiger partial charge on any atom is -0.395 e. The van der Waals surface area contributed by atoms with Gasteiger partial charge in [-0.15, -0.1) is 0 Å². The lowest BCUT2D eigenvalue weighted by Gasteiger charge is -2.30. The fourth-order valence-corrected chi connectivity index (χ4v) is 2.65. The minimum absolute atomic E-state index is 0.0600. The molecule has 19 heavy (non-hydrogen) atoms. The van der Waals surface area contributed by atoms with E-state index < -0.39 is 0 Å². The molecule has 0 aromatic carbocycles. The number of amides is 1. The number of likely N-dealkylation sites (tertiary alicyclic amines) is 1. The van der Waals surface area contributed by atoms with Gasteiger partial charge in [-0.2, -0.15) is 5.10 Å². The number of nitrogens with one attached hydrogen (secondary N) is 1. The van der Waals surface area contributed by atoms with Gasteiger partial charge in [0.15, 0.2) is 5.69 Å². The van der Waals surface area contributed by atoms with E-state index in [1.165, 1.54) is 0 Å². The van der Waals surface area contributed by atoms with Crippen molar-refractivity contribution in [2.45, 2.75) is 37.7 Å². The molecule has 1 saturated carbocycles. The predicted octanol–water partition coefficient (Wildman–Crippen LogP) is 1.12. The Bertz CT molecular complexity index is 473. The second-order valence-electron chi connectivity index (χ2n) is 5.40. The highest BCUT2D eigenvalue weighted by atomic mass is 16.5. The van der Waals surface area contributed by atoms with E-state index >= 15 is 0 Å². The third-order valence-corrected chi connectivity index (χ3v) is 4.08. The van der Waals surface area contributed by atoms with Gasteiger partial charge >= 0.3 is 0 Å². The zero-order valence-corrected chi connectivity index (χ0v) is 11.2. The minimum atomic E-state index is -0.0600. The van der Waals surface area contributed by atoms with Crippen molar-refractivity contribution in [2.24, 2.45) is 0 Å². The smallest absolute Gasteiger partial charge is 0.276 e. The molecule has 0 atom stereocenters. The lowest BCUT2D eigenvalue weighted by molar-refractivity contribution is 0.0348. The van der Waals surface area contributed by atoms with Gasteiger partial charge in [0.2, 0.25) is 0 Å². The van der Waals surface area contributed by atoms with E-state index in [9.17, 15) is 4.79 Å². The first-order chi connectivity index (χ1) is 9.20. The molecule has 2 aliphatic rings. The maximum Gasteiger partial charge on any atom is 0.276 e. The van der Waals surface area contributed by atoms with E-state index in [4.69, 9.17) is 10.5 Å². The molecule has 1 amide bonds. The Kier molecular flexibility index (Phi) is 3.18. The molecule has 1 aromatic rings. The summed E-state index contributed by atoms with van der Waals surface area (Å²) in [6.07, 6.45) is 4.30. The number of aromatic nitrogens is 2. The molecule has 3 N–H and O–H groups in total. The van der Waals surface area contributed by atoms with Crippen molar-refractivity contribution in [1.82, 2.24) is 15.1 Å². The molecule has 0 radical (unpaired) electrons. The Labute approximate surface area is 112 Å². The van der Waals surface area contributed by atoms with E-state index in [-0.39, 0.29) is 12.0 Å². The highest BCUT2D eigenvalue weighted by Gasteiger charge is 2.32. The number of hydrogen-bond acceptors (Lipinski definition) is 4. The van der Waals surface area contributed by atoms with Gasteiger partial charge in [0.1, 0.15) is 0 Å². The average molecular weight is 264 g/mol. The summed E-state index contributed by atoms with van der Waals surface area (Å²) < 4.78 is 5.31. The Morgan fingerprint density at radius 2 is 2.05 bits per heavy atom. The molecule has 0 bridgehead atoms. The zero-order chi connectivity index (χ0) is 13.4. The van der Waals surface area contributed by atoms with Crippen LogP contribution in [0.2, 0.25) is 0 Å². The van der Waals surface area contributed by atoms with Crippen LogP contribution in [0.1, 0.15) is 47.8 Å². The highest BCUT2D eigenvalue weighted by molar-refractivity contribution is 5.97. The third-order valence-electron chi connectivity index (χ3n) is 4.08. The molecule has 2 fully saturated rings. The van der Waals surface area contributed by atoms with Gasteiger partial charge in [0.25, 0.3) is 5.91 Å². The van der Waals surface area contributed by atoms with Crippen LogP contribution in [0.4, 0.5) is 5.69 Å². The van der Waals surface area contributed by atoms with Crippen LogP contribution >= 0.6 is 0 Å². The monoisotopic (exact) mass is 264 g/mol. The molecule has 1 saturated heterocycles. The van der Waals surface area contributed by atoms with Crippen LogP contribution in [0.3, 0.4) is 0 Å². The van der Waals surface area contributed by atoms with Crippen LogP contribution < -0.4 is 5.73 Å². The molecule has 0 spiro atoms. The second-order valence-corrected chi connectivity index (χ2v) is 5.40. The molecule has 1 aromatic heterocycles. The molecule has 3 rings (SSSR count). The van der Waals surface area contributed by atoms with Crippen LogP contribution in [0.15, 0.2) is 0 Å². The summed E-state index contributed by atoms with van der Waals surface area (Å²) in [5.41, 5.74) is 7.91. The number of H-pyrrole nitrogens is 1. The molecule has 6 heteroatoms. The molecular formula is C13H20N4O2. The molecular weight excluding hydrogens is 244 g/mol. The summed E-state index contributed by atoms with van der Waals surface area (Å²) in [5.74, 6) is 0.420. The summed E-state index contributed by atoms with van der Waals surface area (Å²) in [4.78, 5) is 14.2. The number of carbonyl (C=O) groups excluding carboxylic acids is 1. The SMILES string of the molecule is COC1CCN(C(=O)c2n[nH]c(C3CC3)c2N)CC1. The number of methoxy groups -OCH3 is 1. The van der Waals surface area contributed by atoms with Gasteiger partial charge in [-0.3, -0.25) is 9.89 Å². The number of aromatic amines is 1. The molecule has 104 valence electrons. The summed E-state index contributed by atoms with van der Waals surface area (Å²) in [6.45, 7) is 1.42. The molecule has 1 aliphatic carbocycles. The molecule has 6 nitrogen and oxygen atoms in total. The Morgan fingerprint density at radius 1 is 1.37 bits per heavy atom. The normalized spacial score (nSPS) is 20.8. The predicted molar refractivity (Wildman–Crippen MR) is 70.9 cm³/mol. The van der Waals surface area contributed by atoms with Crippen LogP contribution in [0.25, 0.3) is 0 Å². The van der Waals surface area contributed by atoms with E-state index in [2.05, 4.69) is 10.2 Å². The standard InChI is InChI=1S/C13H20N4O2/c1-19-9-4-6-17(7-5-9)13(18)12-10(14)11(15-16-12)8-2-3-8/h8-9H,2-7,14H2,1H3,(H,15,16). The van der Waals surface area contributed by atoms with Crippen LogP contribution in [-0.2, 0) is 4.74 Å². The molecule has 1 aliphatic heterocycles. The number of carbonyl (C=O) groups is 1. The van der Waals surface area contributed by atoms with Gasteiger partial charge in [-0.1, -0.05) is 0 Å². The first-order valence-electron chi connectivity index (χ1n) is 6.86. The number of hydrogen-bond donors (Lipinski definition) is 2. The molecule has 0 unspecified atom stereocenters. The van der Waals surface area contributed by atoms with Gasteiger partial charge in [-0.25, -0.2) is 0 Å². The van der Waals surface area contributed by atoms with Crippen LogP contribution in [-0.4, -0.2) is 47.3 Å². The van der Waals surface area contributed by atoms with Crippen molar-refractivity contribution >= 4 is 11.6 Å². The highest BCUT2D eigenvalue weighted by Crippen LogP contribution is 2.42. The number of nitrogens with two attached hydrogens (primary N) is 1. The summed E-state index contributed by atoms with van der Waals surface area (Å²) in [5, 5.41) is 7.05. The van der Waals surface area contributed by atoms with E-state index in [1.54, 1.807) is 7.11 Å². The van der Waals surface area contributed by atoms with Gasteiger partial charge in [0.05, 0.1) is 17.5 Å². The second kappa shape index (κ2) is 4.85. The van der Waals surface area contributed by atoms with Gasteiger partial charge in [-0.05, 0) is 25.7 Å². The first-order valence-corrected chi connectivity index (χ1v) is 6.86. The number of anilines is 1. The van der Waals surface area contributed by atoms with Crippen molar-refractivity contribution in [3.05, 3.63) is 11.4 Å². The Hall–Kier alpha value is -1.56. The van der Waals surface area contributed by atoms with Crippen molar-refractivity contribution in [3.8, 4) is 0 Å². The van der Waals surface area contributed by atoms with Crippen LogP contribution in [0.5, 0.6) is 0 Å². The van der Waals surface area contributed by atoms with Crippen LogP contribution in [0, 0.1) is 0 Å². The third kappa shape index (κ3) is 2.32. The largest absolute Gasteiger partial charge is 0.395 e. The summed E-state index contributed by atoms with van der Waals surface area (Å²) >= 11 is 0. The quantitative estimate of drug-likeness (QED) is 0.856. The average Bonchev–Trinajstić information content (AvgIpc) is 3.21. The zero-order valence-electron chi connectivity index (χ0n) is 11.2. The van der Waals surface area contributed by atoms with E-state index in [0.29, 0.717) is 30.4 Å². The summed E-state index contributed by atoms with van der Waals surface area (Å²) in [6, 6.07) is 0. The van der Waals surface area contributed by atoms with Crippen molar-refractivity contribution in [1.29, 1.82) is 0 Å². The summed E-state index contributed by atoms with van der Waals surface area (Å²) in [7, 11) is 1.72. The lowest BCUT2D eigenvalue weighted by Crippen LogP contribution is -2.41. The van der Waals surface area contributed by atoms with E-state index in [1.807, 2.05) is 4.90 Å². The number of piperidine rings is 1. The van der Waals surface area contributed by atoms with Gasteiger partial charge < -0.3 is 15.4 Å². The fourth-order valence-electron chi connectivity index (χ4n) is 2.65. The topological polar surface area (TPSA) is 84.2 Å². The van der Waals surface area contributed by atoms with Gasteiger partial charge in [0, 0.05) is 26.1 Å². The van der Waals surface area contributed by atoms with Crippen molar-refractivity contribution in [3.63, 3.8) is 0 Å². The molecule has 2 heterocycles. The number of nitrogen functional groups attached to an aromatic ring is 1. The maximum absolute atomic E-state index is 12.4. The number of nitrogens with zero attached hydrogens (tertiary/aromatic N) is 2. The number of ether oxygens (including phenoxy) is 1. The maximum atomic E-state index is 12.4. The Balaban J connectivity index is 1.70. The van der Waals surface area contributed by atoms with E-state index in [0.717, 1.165) is 31.4 Å². The van der Waals surface area contributed by atoms with Crippen molar-refractivity contribution < 1.29 is 9.53 Å². The Morgan fingerprint density at radius 3 is 2.63 bits per heavy atom. The fraction of sp³-hybridized carbons (Fsp3) is 0.692.